The molecule has 0 radical (unpaired) electrons. The van der Waals surface area contributed by atoms with Crippen molar-refractivity contribution in [2.75, 3.05) is 18.5 Å². The van der Waals surface area contributed by atoms with Gasteiger partial charge in [0, 0.05) is 10.9 Å². The molecule has 0 aliphatic carbocycles. The van der Waals surface area contributed by atoms with Crippen LogP contribution in [0.4, 0.5) is 10.1 Å². The smallest absolute Gasteiger partial charge is 0.374 e. The minimum atomic E-state index is -0.995. The van der Waals surface area contributed by atoms with E-state index in [0.29, 0.717) is 15.8 Å². The third kappa shape index (κ3) is 5.44. The first-order valence-electron chi connectivity index (χ1n) is 10.4. The number of para-hydroxylation sites is 1. The van der Waals surface area contributed by atoms with Gasteiger partial charge in [-0.2, -0.15) is 0 Å². The molecule has 0 saturated heterocycles. The predicted octanol–water partition coefficient (Wildman–Crippen LogP) is 4.63. The van der Waals surface area contributed by atoms with Crippen LogP contribution in [0.5, 0.6) is 0 Å². The molecule has 2 heterocycles. The lowest BCUT2D eigenvalue weighted by Crippen LogP contribution is -2.22. The van der Waals surface area contributed by atoms with Gasteiger partial charge in [-0.05, 0) is 42.8 Å². The maximum Gasteiger partial charge on any atom is 0.374 e. The Balaban J connectivity index is 1.49. The average molecular weight is 495 g/mol. The van der Waals surface area contributed by atoms with Crippen molar-refractivity contribution in [1.29, 1.82) is 0 Å². The van der Waals surface area contributed by atoms with Crippen molar-refractivity contribution >= 4 is 45.8 Å². The van der Waals surface area contributed by atoms with Gasteiger partial charge in [0.1, 0.15) is 16.3 Å². The lowest BCUT2D eigenvalue weighted by atomic mass is 10.2. The van der Waals surface area contributed by atoms with Gasteiger partial charge in [-0.25, -0.2) is 14.0 Å². The Bertz CT molecular complexity index is 1470. The summed E-state index contributed by atoms with van der Waals surface area (Å²) >= 11 is 1.06. The van der Waals surface area contributed by atoms with E-state index in [0.717, 1.165) is 17.4 Å². The summed E-state index contributed by atoms with van der Waals surface area (Å²) in [6.07, 6.45) is 0. The summed E-state index contributed by atoms with van der Waals surface area (Å²) in [5, 5.41) is 2.83. The number of ether oxygens (including phenoxy) is 2. The Hall–Kier alpha value is -4.31. The van der Waals surface area contributed by atoms with Crippen molar-refractivity contribution in [3.05, 3.63) is 87.3 Å². The van der Waals surface area contributed by atoms with Gasteiger partial charge in [0.05, 0.1) is 17.7 Å². The molecular weight excluding hydrogens is 477 g/mol. The fourth-order valence-corrected chi connectivity index (χ4v) is 4.19. The molecule has 4 rings (SSSR count). The van der Waals surface area contributed by atoms with E-state index in [4.69, 9.17) is 13.9 Å². The molecule has 0 bridgehead atoms. The van der Waals surface area contributed by atoms with Crippen LogP contribution in [0.15, 0.2) is 69.9 Å². The monoisotopic (exact) mass is 495 g/mol. The molecule has 1 N–H and O–H groups in total. The first-order valence-corrected chi connectivity index (χ1v) is 11.2. The molecular formula is C25H18FNO7S. The Labute approximate surface area is 201 Å². The molecule has 0 aliphatic heterocycles. The Kier molecular flexibility index (Phi) is 7.02. The molecule has 2 aromatic heterocycles. The number of nitrogens with one attached hydrogen (secondary N) is 1. The number of fused-ring (bicyclic) bond motifs is 1. The van der Waals surface area contributed by atoms with Gasteiger partial charge in [0.25, 0.3) is 5.91 Å². The molecule has 4 aromatic rings. The Morgan fingerprint density at radius 3 is 2.49 bits per heavy atom. The number of carbonyl (C=O) groups is 3. The van der Waals surface area contributed by atoms with Crippen molar-refractivity contribution in [2.24, 2.45) is 0 Å². The first-order chi connectivity index (χ1) is 16.9. The molecule has 2 aromatic carbocycles. The highest BCUT2D eigenvalue weighted by Crippen LogP contribution is 2.35. The highest BCUT2D eigenvalue weighted by atomic mass is 32.1. The van der Waals surface area contributed by atoms with Crippen LogP contribution in [0.2, 0.25) is 0 Å². The SMILES string of the molecule is CCOC(=O)c1sc(-c2ccc(F)cc2)cc1NC(=O)COC(=O)c1cc(=O)c2ccccc2o1. The van der Waals surface area contributed by atoms with Crippen LogP contribution >= 0.6 is 11.3 Å². The maximum atomic E-state index is 13.3. The van der Waals surface area contributed by atoms with E-state index in [1.807, 2.05) is 0 Å². The number of halogens is 1. The molecule has 0 fully saturated rings. The number of hydrogen-bond donors (Lipinski definition) is 1. The van der Waals surface area contributed by atoms with Gasteiger partial charge < -0.3 is 19.2 Å². The van der Waals surface area contributed by atoms with Crippen LogP contribution in [0.25, 0.3) is 21.4 Å². The molecule has 10 heteroatoms. The second kappa shape index (κ2) is 10.3. The number of amides is 1. The van der Waals surface area contributed by atoms with Crippen LogP contribution < -0.4 is 10.7 Å². The van der Waals surface area contributed by atoms with Gasteiger partial charge in [-0.3, -0.25) is 9.59 Å². The molecule has 0 spiro atoms. The quantitative estimate of drug-likeness (QED) is 0.372. The second-order valence-corrected chi connectivity index (χ2v) is 8.23. The molecule has 0 atom stereocenters. The number of rotatable bonds is 7. The summed E-state index contributed by atoms with van der Waals surface area (Å²) in [6, 6.07) is 14.6. The highest BCUT2D eigenvalue weighted by Gasteiger charge is 2.21. The summed E-state index contributed by atoms with van der Waals surface area (Å²) in [5.41, 5.74) is 0.585. The zero-order chi connectivity index (χ0) is 24.9. The lowest BCUT2D eigenvalue weighted by Gasteiger charge is -2.07. The lowest BCUT2D eigenvalue weighted by molar-refractivity contribution is -0.119. The number of anilines is 1. The Morgan fingerprint density at radius 1 is 1.00 bits per heavy atom. The zero-order valence-corrected chi connectivity index (χ0v) is 19.1. The van der Waals surface area contributed by atoms with E-state index in [1.54, 1.807) is 43.3 Å². The number of benzene rings is 2. The van der Waals surface area contributed by atoms with Gasteiger partial charge in [0.15, 0.2) is 12.0 Å². The summed E-state index contributed by atoms with van der Waals surface area (Å²) in [5.74, 6) is -3.12. The zero-order valence-electron chi connectivity index (χ0n) is 18.3. The average Bonchev–Trinajstić information content (AvgIpc) is 3.27. The Morgan fingerprint density at radius 2 is 1.74 bits per heavy atom. The fourth-order valence-electron chi connectivity index (χ4n) is 3.18. The van der Waals surface area contributed by atoms with Crippen molar-refractivity contribution < 1.29 is 32.7 Å². The number of hydrogen-bond acceptors (Lipinski definition) is 8. The third-order valence-corrected chi connectivity index (χ3v) is 5.93. The molecule has 0 unspecified atom stereocenters. The molecule has 178 valence electrons. The van der Waals surface area contributed by atoms with E-state index < -0.39 is 35.7 Å². The summed E-state index contributed by atoms with van der Waals surface area (Å²) in [7, 11) is 0. The highest BCUT2D eigenvalue weighted by molar-refractivity contribution is 7.18. The number of carbonyl (C=O) groups excluding carboxylic acids is 3. The van der Waals surface area contributed by atoms with Gasteiger partial charge in [-0.15, -0.1) is 11.3 Å². The normalized spacial score (nSPS) is 10.7. The minimum absolute atomic E-state index is 0.130. The van der Waals surface area contributed by atoms with E-state index >= 15 is 0 Å². The van der Waals surface area contributed by atoms with Crippen LogP contribution in [-0.2, 0) is 14.3 Å². The van der Waals surface area contributed by atoms with E-state index in [9.17, 15) is 23.6 Å². The molecule has 35 heavy (non-hydrogen) atoms. The van der Waals surface area contributed by atoms with Crippen molar-refractivity contribution in [3.63, 3.8) is 0 Å². The van der Waals surface area contributed by atoms with Crippen molar-refractivity contribution in [2.45, 2.75) is 6.92 Å². The number of thiophene rings is 1. The topological polar surface area (TPSA) is 112 Å². The minimum Gasteiger partial charge on any atom is -0.462 e. The molecule has 0 saturated carbocycles. The van der Waals surface area contributed by atoms with Crippen LogP contribution in [-0.4, -0.2) is 31.1 Å². The predicted molar refractivity (Wildman–Crippen MR) is 127 cm³/mol. The fraction of sp³-hybridized carbons (Fsp3) is 0.120. The van der Waals surface area contributed by atoms with Gasteiger partial charge in [-0.1, -0.05) is 24.3 Å². The molecule has 8 nitrogen and oxygen atoms in total. The molecule has 0 aliphatic rings. The van der Waals surface area contributed by atoms with Crippen LogP contribution in [0, 0.1) is 5.82 Å². The van der Waals surface area contributed by atoms with Crippen LogP contribution in [0.1, 0.15) is 27.2 Å². The molecule has 1 amide bonds. The van der Waals surface area contributed by atoms with E-state index in [1.165, 1.54) is 18.2 Å². The second-order valence-electron chi connectivity index (χ2n) is 7.18. The third-order valence-electron chi connectivity index (χ3n) is 4.77. The summed E-state index contributed by atoms with van der Waals surface area (Å²) in [6.45, 7) is 1.08. The van der Waals surface area contributed by atoms with Gasteiger partial charge in [0.2, 0.25) is 5.76 Å². The standard InChI is InChI=1S/C25H18FNO7S/c1-2-32-25(31)23-17(11-21(35-23)14-7-9-15(26)10-8-14)27-22(29)13-33-24(30)20-12-18(28)16-5-3-4-6-19(16)34-20/h3-12H,2,13H2,1H3,(H,27,29). The van der Waals surface area contributed by atoms with Gasteiger partial charge >= 0.3 is 11.9 Å². The number of esters is 2. The largest absolute Gasteiger partial charge is 0.462 e. The van der Waals surface area contributed by atoms with E-state index in [2.05, 4.69) is 5.32 Å². The maximum absolute atomic E-state index is 13.3. The van der Waals surface area contributed by atoms with Crippen molar-refractivity contribution in [1.82, 2.24) is 0 Å². The summed E-state index contributed by atoms with van der Waals surface area (Å²) < 4.78 is 28.7. The first kappa shape index (κ1) is 23.8. The van der Waals surface area contributed by atoms with E-state index in [-0.39, 0.29) is 28.5 Å². The van der Waals surface area contributed by atoms with Crippen molar-refractivity contribution in [3.8, 4) is 10.4 Å². The van der Waals surface area contributed by atoms with Crippen LogP contribution in [0.3, 0.4) is 0 Å². The summed E-state index contributed by atoms with van der Waals surface area (Å²) in [4.78, 5) is 50.1.